The van der Waals surface area contributed by atoms with Crippen molar-refractivity contribution in [2.75, 3.05) is 25.7 Å². The fourth-order valence-corrected chi connectivity index (χ4v) is 3.45. The van der Waals surface area contributed by atoms with Crippen molar-refractivity contribution in [2.24, 2.45) is 5.92 Å². The van der Waals surface area contributed by atoms with E-state index in [1.165, 1.54) is 19.8 Å². The molecular weight excluding hydrogens is 380 g/mol. The third-order valence-corrected chi connectivity index (χ3v) is 5.12. The largest absolute Gasteiger partial charge is 0.495 e. The number of hydrogen-bond donors (Lipinski definition) is 1. The SMILES string of the molecule is COc1cc(OC)c(N2C[C@@H](C(=O)NCc3ccc(C)cc3)CC2=O)cc1Cl. The fraction of sp³-hybridized carbons (Fsp3) is 0.333. The molecule has 1 aliphatic heterocycles. The average Bonchev–Trinajstić information content (AvgIpc) is 3.08. The summed E-state index contributed by atoms with van der Waals surface area (Å²) < 4.78 is 10.6. The van der Waals surface area contributed by atoms with E-state index in [-0.39, 0.29) is 24.8 Å². The summed E-state index contributed by atoms with van der Waals surface area (Å²) in [5, 5.41) is 3.29. The van der Waals surface area contributed by atoms with Gasteiger partial charge in [-0.3, -0.25) is 9.59 Å². The Morgan fingerprint density at radius 2 is 1.86 bits per heavy atom. The summed E-state index contributed by atoms with van der Waals surface area (Å²) in [5.74, 6) is 0.213. The van der Waals surface area contributed by atoms with Gasteiger partial charge in [-0.15, -0.1) is 0 Å². The van der Waals surface area contributed by atoms with Gasteiger partial charge in [-0.05, 0) is 18.6 Å². The van der Waals surface area contributed by atoms with Crippen LogP contribution in [0.2, 0.25) is 5.02 Å². The minimum atomic E-state index is -0.427. The van der Waals surface area contributed by atoms with E-state index in [9.17, 15) is 9.59 Å². The van der Waals surface area contributed by atoms with Crippen molar-refractivity contribution in [3.8, 4) is 11.5 Å². The Morgan fingerprint density at radius 3 is 2.50 bits per heavy atom. The molecule has 0 aliphatic carbocycles. The van der Waals surface area contributed by atoms with Gasteiger partial charge in [0, 0.05) is 25.6 Å². The lowest BCUT2D eigenvalue weighted by Gasteiger charge is -2.21. The van der Waals surface area contributed by atoms with Gasteiger partial charge in [-0.1, -0.05) is 41.4 Å². The zero-order chi connectivity index (χ0) is 20.3. The second-order valence-electron chi connectivity index (χ2n) is 6.77. The van der Waals surface area contributed by atoms with Crippen LogP contribution in [0.25, 0.3) is 0 Å². The zero-order valence-electron chi connectivity index (χ0n) is 16.1. The van der Waals surface area contributed by atoms with Crippen LogP contribution in [-0.4, -0.2) is 32.6 Å². The molecule has 1 heterocycles. The van der Waals surface area contributed by atoms with Gasteiger partial charge in [-0.2, -0.15) is 0 Å². The Morgan fingerprint density at radius 1 is 1.18 bits per heavy atom. The minimum absolute atomic E-state index is 0.144. The topological polar surface area (TPSA) is 67.9 Å². The molecule has 1 fully saturated rings. The lowest BCUT2D eigenvalue weighted by molar-refractivity contribution is -0.126. The van der Waals surface area contributed by atoms with Gasteiger partial charge >= 0.3 is 0 Å². The van der Waals surface area contributed by atoms with Gasteiger partial charge in [0.1, 0.15) is 11.5 Å². The Labute approximate surface area is 169 Å². The summed E-state index contributed by atoms with van der Waals surface area (Å²) in [4.78, 5) is 26.7. The second-order valence-corrected chi connectivity index (χ2v) is 7.17. The fourth-order valence-electron chi connectivity index (χ4n) is 3.21. The van der Waals surface area contributed by atoms with Crippen LogP contribution in [0.3, 0.4) is 0 Å². The molecule has 1 saturated heterocycles. The summed E-state index contributed by atoms with van der Waals surface area (Å²) in [6.07, 6.45) is 0.145. The lowest BCUT2D eigenvalue weighted by atomic mass is 10.1. The number of carbonyl (C=O) groups is 2. The molecule has 0 spiro atoms. The number of nitrogens with zero attached hydrogens (tertiary/aromatic N) is 1. The van der Waals surface area contributed by atoms with Crippen LogP contribution in [0.4, 0.5) is 5.69 Å². The molecule has 3 rings (SSSR count). The standard InChI is InChI=1S/C21H23ClN2O4/c1-13-4-6-14(7-5-13)11-23-21(26)15-8-20(25)24(12-15)17-9-16(22)18(27-2)10-19(17)28-3/h4-7,9-10,15H,8,11-12H2,1-3H3,(H,23,26)/t15-/m0/s1. The molecule has 6 nitrogen and oxygen atoms in total. The smallest absolute Gasteiger partial charge is 0.227 e. The number of aryl methyl sites for hydroxylation is 1. The molecule has 0 bridgehead atoms. The number of ether oxygens (including phenoxy) is 2. The van der Waals surface area contributed by atoms with Crippen LogP contribution in [0, 0.1) is 12.8 Å². The Kier molecular flexibility index (Phi) is 6.09. The monoisotopic (exact) mass is 402 g/mol. The first kappa shape index (κ1) is 20.0. The number of methoxy groups -OCH3 is 2. The van der Waals surface area contributed by atoms with E-state index in [1.54, 1.807) is 17.0 Å². The second kappa shape index (κ2) is 8.52. The van der Waals surface area contributed by atoms with Crippen molar-refractivity contribution in [2.45, 2.75) is 19.9 Å². The molecule has 0 saturated carbocycles. The highest BCUT2D eigenvalue weighted by Gasteiger charge is 2.36. The van der Waals surface area contributed by atoms with E-state index in [2.05, 4.69) is 5.32 Å². The Bertz CT molecular complexity index is 883. The number of hydrogen-bond acceptors (Lipinski definition) is 4. The first-order valence-electron chi connectivity index (χ1n) is 8.98. The molecule has 0 aromatic heterocycles. The van der Waals surface area contributed by atoms with E-state index in [0.717, 1.165) is 5.56 Å². The normalized spacial score (nSPS) is 16.2. The summed E-state index contributed by atoms with van der Waals surface area (Å²) >= 11 is 6.21. The number of carbonyl (C=O) groups excluding carboxylic acids is 2. The highest BCUT2D eigenvalue weighted by Crippen LogP contribution is 2.40. The predicted molar refractivity (Wildman–Crippen MR) is 108 cm³/mol. The van der Waals surface area contributed by atoms with Crippen molar-refractivity contribution in [1.29, 1.82) is 0 Å². The maximum absolute atomic E-state index is 12.6. The zero-order valence-corrected chi connectivity index (χ0v) is 16.9. The summed E-state index contributed by atoms with van der Waals surface area (Å²) in [6.45, 7) is 2.72. The van der Waals surface area contributed by atoms with E-state index < -0.39 is 5.92 Å². The van der Waals surface area contributed by atoms with Crippen LogP contribution < -0.4 is 19.7 Å². The molecule has 2 aromatic carbocycles. The highest BCUT2D eigenvalue weighted by atomic mass is 35.5. The van der Waals surface area contributed by atoms with E-state index in [4.69, 9.17) is 21.1 Å². The number of amides is 2. The van der Waals surface area contributed by atoms with E-state index in [0.29, 0.717) is 28.8 Å². The summed E-state index contributed by atoms with van der Waals surface area (Å²) in [5.41, 5.74) is 2.72. The average molecular weight is 403 g/mol. The summed E-state index contributed by atoms with van der Waals surface area (Å²) in [6, 6.07) is 11.2. The maximum Gasteiger partial charge on any atom is 0.227 e. The molecule has 28 heavy (non-hydrogen) atoms. The van der Waals surface area contributed by atoms with Gasteiger partial charge in [0.25, 0.3) is 0 Å². The van der Waals surface area contributed by atoms with Gasteiger partial charge in [0.2, 0.25) is 11.8 Å². The maximum atomic E-state index is 12.6. The lowest BCUT2D eigenvalue weighted by Crippen LogP contribution is -2.32. The third-order valence-electron chi connectivity index (χ3n) is 4.83. The first-order valence-corrected chi connectivity index (χ1v) is 9.36. The number of halogens is 1. The van der Waals surface area contributed by atoms with Gasteiger partial charge in [0.15, 0.2) is 0 Å². The van der Waals surface area contributed by atoms with Crippen LogP contribution >= 0.6 is 11.6 Å². The number of rotatable bonds is 6. The van der Waals surface area contributed by atoms with E-state index >= 15 is 0 Å². The van der Waals surface area contributed by atoms with Gasteiger partial charge < -0.3 is 19.7 Å². The molecule has 2 aromatic rings. The molecule has 1 atom stereocenters. The molecule has 0 unspecified atom stereocenters. The van der Waals surface area contributed by atoms with Crippen molar-refractivity contribution in [3.63, 3.8) is 0 Å². The van der Waals surface area contributed by atoms with E-state index in [1.807, 2.05) is 31.2 Å². The third kappa shape index (κ3) is 4.22. The predicted octanol–water partition coefficient (Wildman–Crippen LogP) is 3.33. The van der Waals surface area contributed by atoms with Crippen LogP contribution in [0.5, 0.6) is 11.5 Å². The minimum Gasteiger partial charge on any atom is -0.495 e. The van der Waals surface area contributed by atoms with Crippen molar-refractivity contribution >= 4 is 29.1 Å². The molecule has 1 N–H and O–H groups in total. The molecule has 148 valence electrons. The Balaban J connectivity index is 1.70. The molecule has 0 radical (unpaired) electrons. The quantitative estimate of drug-likeness (QED) is 0.804. The number of benzene rings is 2. The van der Waals surface area contributed by atoms with Crippen LogP contribution in [0.15, 0.2) is 36.4 Å². The van der Waals surface area contributed by atoms with Crippen LogP contribution in [0.1, 0.15) is 17.5 Å². The molecular formula is C21H23ClN2O4. The van der Waals surface area contributed by atoms with Gasteiger partial charge in [0.05, 0.1) is 30.8 Å². The van der Waals surface area contributed by atoms with Gasteiger partial charge in [-0.25, -0.2) is 0 Å². The molecule has 1 aliphatic rings. The highest BCUT2D eigenvalue weighted by molar-refractivity contribution is 6.32. The molecule has 7 heteroatoms. The molecule has 2 amide bonds. The van der Waals surface area contributed by atoms with Crippen LogP contribution in [-0.2, 0) is 16.1 Å². The van der Waals surface area contributed by atoms with Crippen molar-refractivity contribution < 1.29 is 19.1 Å². The van der Waals surface area contributed by atoms with Crippen molar-refractivity contribution in [1.82, 2.24) is 5.32 Å². The number of anilines is 1. The summed E-state index contributed by atoms with van der Waals surface area (Å²) in [7, 11) is 3.02. The van der Waals surface area contributed by atoms with Crippen molar-refractivity contribution in [3.05, 3.63) is 52.5 Å². The number of nitrogens with one attached hydrogen (secondary N) is 1. The Hall–Kier alpha value is -2.73. The first-order chi connectivity index (χ1) is 13.4.